The zero-order chi connectivity index (χ0) is 9.10. The Morgan fingerprint density at radius 2 is 1.92 bits per heavy atom. The number of nitrogens with zero attached hydrogens (tertiary/aromatic N) is 1. The van der Waals surface area contributed by atoms with Gasteiger partial charge in [-0.25, -0.2) is 0 Å². The first-order chi connectivity index (χ1) is 6.38. The average molecular weight is 174 g/mol. The van der Waals surface area contributed by atoms with E-state index >= 15 is 0 Å². The van der Waals surface area contributed by atoms with Crippen LogP contribution in [0.25, 0.3) is 0 Å². The molecule has 0 spiro atoms. The second kappa shape index (κ2) is 3.93. The molecule has 1 aromatic carbocycles. The molecule has 1 nitrogen and oxygen atoms in total. The van der Waals surface area contributed by atoms with Crippen LogP contribution in [-0.2, 0) is 0 Å². The van der Waals surface area contributed by atoms with Crippen LogP contribution in [0.3, 0.4) is 0 Å². The Kier molecular flexibility index (Phi) is 2.65. The minimum Gasteiger partial charge on any atom is -0.295 e. The predicted octanol–water partition coefficient (Wildman–Crippen LogP) is 3.01. The van der Waals surface area contributed by atoms with Gasteiger partial charge in [-0.15, -0.1) is 0 Å². The van der Waals surface area contributed by atoms with Gasteiger partial charge in [0.1, 0.15) is 0 Å². The summed E-state index contributed by atoms with van der Waals surface area (Å²) in [5.41, 5.74) is 1.41. The smallest absolute Gasteiger partial charge is 0.0348 e. The van der Waals surface area contributed by atoms with Crippen molar-refractivity contribution in [1.29, 1.82) is 0 Å². The fourth-order valence-electron chi connectivity index (χ4n) is 2.04. The Hall–Kier alpha value is -0.820. The van der Waals surface area contributed by atoms with E-state index in [2.05, 4.69) is 42.3 Å². The van der Waals surface area contributed by atoms with Gasteiger partial charge in [0.25, 0.3) is 0 Å². The molecule has 2 rings (SSSR count). The van der Waals surface area contributed by atoms with Crippen molar-refractivity contribution >= 4 is 0 Å². The monoisotopic (exact) mass is 174 g/mol. The first kappa shape index (κ1) is 8.76. The molecule has 0 aromatic heterocycles. The maximum absolute atomic E-state index is 4.09. The Morgan fingerprint density at radius 1 is 1.15 bits per heavy atom. The summed E-state index contributed by atoms with van der Waals surface area (Å²) >= 11 is 0. The number of hydrogen-bond acceptors (Lipinski definition) is 1. The summed E-state index contributed by atoms with van der Waals surface area (Å²) in [6.07, 6.45) is 3.89. The molecular weight excluding hydrogens is 158 g/mol. The number of piperidine rings is 1. The Bertz CT molecular complexity index is 255. The second-order valence-corrected chi connectivity index (χ2v) is 3.73. The van der Waals surface area contributed by atoms with Crippen LogP contribution in [0.1, 0.15) is 30.9 Å². The van der Waals surface area contributed by atoms with Crippen LogP contribution >= 0.6 is 0 Å². The van der Waals surface area contributed by atoms with Crippen LogP contribution in [0.15, 0.2) is 30.3 Å². The molecule has 1 aliphatic heterocycles. The number of likely N-dealkylation sites (tertiary alicyclic amines) is 1. The van der Waals surface area contributed by atoms with E-state index in [4.69, 9.17) is 0 Å². The number of benzene rings is 1. The summed E-state index contributed by atoms with van der Waals surface area (Å²) in [6.45, 7) is 1.14. The molecule has 1 saturated heterocycles. The van der Waals surface area contributed by atoms with E-state index in [1.165, 1.54) is 24.8 Å². The van der Waals surface area contributed by atoms with Crippen molar-refractivity contribution in [3.63, 3.8) is 0 Å². The first-order valence-electron chi connectivity index (χ1n) is 5.00. The molecule has 13 heavy (non-hydrogen) atoms. The largest absolute Gasteiger partial charge is 0.295 e. The van der Waals surface area contributed by atoms with E-state index in [1.54, 1.807) is 0 Å². The lowest BCUT2D eigenvalue weighted by molar-refractivity contribution is 0.212. The van der Waals surface area contributed by atoms with Crippen LogP contribution in [0.4, 0.5) is 0 Å². The van der Waals surface area contributed by atoms with Crippen molar-refractivity contribution in [1.82, 2.24) is 4.90 Å². The van der Waals surface area contributed by atoms with Crippen molar-refractivity contribution < 1.29 is 0 Å². The highest BCUT2D eigenvalue weighted by Crippen LogP contribution is 2.29. The van der Waals surface area contributed by atoms with Gasteiger partial charge in [-0.1, -0.05) is 36.8 Å². The Balaban J connectivity index is 2.15. The summed E-state index contributed by atoms with van der Waals surface area (Å²) in [5, 5.41) is 0. The molecule has 1 aliphatic rings. The van der Waals surface area contributed by atoms with E-state index in [0.29, 0.717) is 6.04 Å². The lowest BCUT2D eigenvalue weighted by atomic mass is 9.96. The molecule has 0 saturated carbocycles. The summed E-state index contributed by atoms with van der Waals surface area (Å²) < 4.78 is 0. The van der Waals surface area contributed by atoms with Gasteiger partial charge >= 0.3 is 0 Å². The molecule has 0 amide bonds. The molecule has 0 aliphatic carbocycles. The summed E-state index contributed by atoms with van der Waals surface area (Å²) in [7, 11) is 4.09. The van der Waals surface area contributed by atoms with Gasteiger partial charge < -0.3 is 0 Å². The third-order valence-corrected chi connectivity index (χ3v) is 2.80. The summed E-state index contributed by atoms with van der Waals surface area (Å²) in [6, 6.07) is 11.2. The fraction of sp³-hybridized carbons (Fsp3) is 0.417. The van der Waals surface area contributed by atoms with Crippen molar-refractivity contribution in [2.75, 3.05) is 6.54 Å². The third kappa shape index (κ3) is 1.92. The quantitative estimate of drug-likeness (QED) is 0.632. The van der Waals surface area contributed by atoms with Gasteiger partial charge in [0.15, 0.2) is 0 Å². The van der Waals surface area contributed by atoms with Gasteiger partial charge in [0.05, 0.1) is 0 Å². The van der Waals surface area contributed by atoms with E-state index in [-0.39, 0.29) is 0 Å². The van der Waals surface area contributed by atoms with Crippen molar-refractivity contribution in [2.45, 2.75) is 25.3 Å². The highest BCUT2D eigenvalue weighted by atomic mass is 15.1. The molecule has 1 radical (unpaired) electrons. The minimum absolute atomic E-state index is 0.551. The third-order valence-electron chi connectivity index (χ3n) is 2.80. The van der Waals surface area contributed by atoms with Gasteiger partial charge in [-0.2, -0.15) is 0 Å². The zero-order valence-electron chi connectivity index (χ0n) is 7.95. The Morgan fingerprint density at radius 3 is 2.62 bits per heavy atom. The standard InChI is InChI=1S/C12H16N/c1-13-10-6-5-9-12(13)11-7-3-2-4-8-11/h2-4,7-8,12H,1,5-6,9-10H2. The van der Waals surface area contributed by atoms with Crippen LogP contribution in [0.5, 0.6) is 0 Å². The summed E-state index contributed by atoms with van der Waals surface area (Å²) in [5.74, 6) is 0. The van der Waals surface area contributed by atoms with Crippen molar-refractivity contribution in [3.05, 3.63) is 42.9 Å². The molecule has 0 N–H and O–H groups in total. The van der Waals surface area contributed by atoms with E-state index in [9.17, 15) is 0 Å². The highest BCUT2D eigenvalue weighted by molar-refractivity contribution is 5.19. The molecule has 69 valence electrons. The second-order valence-electron chi connectivity index (χ2n) is 3.73. The van der Waals surface area contributed by atoms with Crippen LogP contribution < -0.4 is 0 Å². The first-order valence-corrected chi connectivity index (χ1v) is 5.00. The zero-order valence-corrected chi connectivity index (χ0v) is 7.95. The maximum atomic E-state index is 4.09. The molecule has 1 atom stereocenters. The predicted molar refractivity (Wildman–Crippen MR) is 55.1 cm³/mol. The van der Waals surface area contributed by atoms with Crippen LogP contribution in [-0.4, -0.2) is 11.4 Å². The molecule has 0 bridgehead atoms. The van der Waals surface area contributed by atoms with Crippen molar-refractivity contribution in [2.24, 2.45) is 0 Å². The van der Waals surface area contributed by atoms with Gasteiger partial charge in [0, 0.05) is 13.1 Å². The molecule has 1 aromatic rings. The maximum Gasteiger partial charge on any atom is 0.0348 e. The average Bonchev–Trinajstić information content (AvgIpc) is 2.20. The SMILES string of the molecule is [CH2]N1CCCCC1c1ccccc1. The molecule has 1 fully saturated rings. The molecular formula is C12H16N. The molecule has 1 unspecified atom stereocenters. The van der Waals surface area contributed by atoms with E-state index < -0.39 is 0 Å². The number of hydrogen-bond donors (Lipinski definition) is 0. The van der Waals surface area contributed by atoms with Crippen molar-refractivity contribution in [3.8, 4) is 0 Å². The fourth-order valence-corrected chi connectivity index (χ4v) is 2.04. The normalized spacial score (nSPS) is 24.5. The minimum atomic E-state index is 0.551. The van der Waals surface area contributed by atoms with E-state index in [0.717, 1.165) is 6.54 Å². The highest BCUT2D eigenvalue weighted by Gasteiger charge is 2.19. The summed E-state index contributed by atoms with van der Waals surface area (Å²) in [4.78, 5) is 2.22. The van der Waals surface area contributed by atoms with Gasteiger partial charge in [-0.3, -0.25) is 4.90 Å². The van der Waals surface area contributed by atoms with E-state index in [1.807, 2.05) is 0 Å². The molecule has 1 heteroatoms. The lowest BCUT2D eigenvalue weighted by Crippen LogP contribution is -2.27. The van der Waals surface area contributed by atoms with Gasteiger partial charge in [0.2, 0.25) is 0 Å². The number of rotatable bonds is 1. The lowest BCUT2D eigenvalue weighted by Gasteiger charge is -2.32. The van der Waals surface area contributed by atoms with Crippen LogP contribution in [0, 0.1) is 7.05 Å². The van der Waals surface area contributed by atoms with Crippen LogP contribution in [0.2, 0.25) is 0 Å². The van der Waals surface area contributed by atoms with Gasteiger partial charge in [-0.05, 0) is 24.9 Å². The topological polar surface area (TPSA) is 3.24 Å². The Labute approximate surface area is 80.4 Å². The molecule has 1 heterocycles.